The SMILES string of the molecule is C=C(C)C(=O)NCCCCCC(=O)OC[C@H]1O[C@H](O[C@]2(CO)O[C@H](CO)[C@@H](O)[C@@H]2O)[C@H](O)[C@@H](O)[C@@H]1O. The standard InChI is InChI=1S/C22H37NO13/c1-11(2)20(32)23-7-5-3-4-6-14(26)33-9-13-15(27)17(29)18(30)21(34-13)36-22(10-25)19(31)16(28)12(8-24)35-22/h12-13,15-19,21,24-25,27-31H,1,3-10H2,2H3,(H,23,32)/t12-,13-,15-,16-,17+,18-,19+,21-,22+/m1/s1. The molecule has 0 spiro atoms. The van der Waals surface area contributed by atoms with Crippen molar-refractivity contribution in [2.24, 2.45) is 0 Å². The number of carbonyl (C=O) groups excluding carboxylic acids is 2. The Morgan fingerprint density at radius 3 is 2.25 bits per heavy atom. The van der Waals surface area contributed by atoms with Crippen molar-refractivity contribution in [2.75, 3.05) is 26.4 Å². The second kappa shape index (κ2) is 13.7. The Morgan fingerprint density at radius 2 is 1.67 bits per heavy atom. The first-order valence-electron chi connectivity index (χ1n) is 11.7. The summed E-state index contributed by atoms with van der Waals surface area (Å²) >= 11 is 0. The highest BCUT2D eigenvalue weighted by Gasteiger charge is 2.58. The third-order valence-corrected chi connectivity index (χ3v) is 6.03. The maximum Gasteiger partial charge on any atom is 0.305 e. The van der Waals surface area contributed by atoms with Gasteiger partial charge in [-0.05, 0) is 19.8 Å². The molecule has 2 aliphatic rings. The fourth-order valence-corrected chi connectivity index (χ4v) is 3.79. The van der Waals surface area contributed by atoms with Crippen molar-refractivity contribution < 1.29 is 64.3 Å². The molecule has 8 N–H and O–H groups in total. The molecule has 2 aliphatic heterocycles. The quantitative estimate of drug-likeness (QED) is 0.0664. The Bertz CT molecular complexity index is 751. The summed E-state index contributed by atoms with van der Waals surface area (Å²) < 4.78 is 21.2. The van der Waals surface area contributed by atoms with Gasteiger partial charge in [-0.3, -0.25) is 9.59 Å². The molecule has 14 heteroatoms. The normalized spacial score (nSPS) is 36.4. The molecule has 2 fully saturated rings. The molecule has 0 unspecified atom stereocenters. The molecule has 1 amide bonds. The molecule has 0 saturated carbocycles. The number of nitrogens with one attached hydrogen (secondary N) is 1. The average molecular weight is 524 g/mol. The van der Waals surface area contributed by atoms with Gasteiger partial charge in [0.15, 0.2) is 6.29 Å². The summed E-state index contributed by atoms with van der Waals surface area (Å²) in [7, 11) is 0. The molecule has 0 aromatic carbocycles. The van der Waals surface area contributed by atoms with E-state index in [2.05, 4.69) is 11.9 Å². The van der Waals surface area contributed by atoms with Gasteiger partial charge in [-0.25, -0.2) is 0 Å². The minimum Gasteiger partial charge on any atom is -0.463 e. The predicted octanol–water partition coefficient (Wildman–Crippen LogP) is -3.59. The molecular formula is C22H37NO13. The van der Waals surface area contributed by atoms with Gasteiger partial charge in [0, 0.05) is 18.5 Å². The summed E-state index contributed by atoms with van der Waals surface area (Å²) in [5.41, 5.74) is 0.404. The maximum atomic E-state index is 12.1. The predicted molar refractivity (Wildman–Crippen MR) is 119 cm³/mol. The summed E-state index contributed by atoms with van der Waals surface area (Å²) in [6.45, 7) is 3.34. The largest absolute Gasteiger partial charge is 0.463 e. The summed E-state index contributed by atoms with van der Waals surface area (Å²) in [4.78, 5) is 23.4. The number of ether oxygens (including phenoxy) is 4. The summed E-state index contributed by atoms with van der Waals surface area (Å²) in [6.07, 6.45) is -11.4. The van der Waals surface area contributed by atoms with Gasteiger partial charge in [-0.2, -0.15) is 0 Å². The lowest BCUT2D eigenvalue weighted by Crippen LogP contribution is -2.62. The van der Waals surface area contributed by atoms with Crippen molar-refractivity contribution in [3.8, 4) is 0 Å². The van der Waals surface area contributed by atoms with Gasteiger partial charge < -0.3 is 60.0 Å². The first-order chi connectivity index (χ1) is 17.0. The van der Waals surface area contributed by atoms with Crippen molar-refractivity contribution in [3.63, 3.8) is 0 Å². The van der Waals surface area contributed by atoms with Crippen LogP contribution in [0.5, 0.6) is 0 Å². The van der Waals surface area contributed by atoms with Crippen LogP contribution in [0.15, 0.2) is 12.2 Å². The zero-order valence-corrected chi connectivity index (χ0v) is 20.1. The van der Waals surface area contributed by atoms with E-state index in [9.17, 15) is 45.3 Å². The molecule has 0 aromatic rings. The van der Waals surface area contributed by atoms with Gasteiger partial charge in [0.2, 0.25) is 11.7 Å². The van der Waals surface area contributed by atoms with Gasteiger partial charge in [0.25, 0.3) is 0 Å². The van der Waals surface area contributed by atoms with Gasteiger partial charge in [-0.15, -0.1) is 0 Å². The highest BCUT2D eigenvalue weighted by molar-refractivity contribution is 5.91. The number of hydrogen-bond acceptors (Lipinski definition) is 13. The van der Waals surface area contributed by atoms with E-state index in [0.29, 0.717) is 31.4 Å². The van der Waals surface area contributed by atoms with Crippen molar-refractivity contribution in [1.82, 2.24) is 5.32 Å². The number of aliphatic hydroxyl groups excluding tert-OH is 7. The Balaban J connectivity index is 1.85. The van der Waals surface area contributed by atoms with Gasteiger partial charge >= 0.3 is 5.97 Å². The average Bonchev–Trinajstić information content (AvgIpc) is 3.10. The number of unbranched alkanes of at least 4 members (excludes halogenated alkanes) is 2. The topological polar surface area (TPSA) is 225 Å². The maximum absolute atomic E-state index is 12.1. The van der Waals surface area contributed by atoms with Crippen LogP contribution in [-0.2, 0) is 28.5 Å². The van der Waals surface area contributed by atoms with Crippen LogP contribution in [0, 0.1) is 0 Å². The molecule has 0 radical (unpaired) electrons. The van der Waals surface area contributed by atoms with Crippen LogP contribution in [0.4, 0.5) is 0 Å². The van der Waals surface area contributed by atoms with E-state index >= 15 is 0 Å². The van der Waals surface area contributed by atoms with E-state index in [-0.39, 0.29) is 12.3 Å². The highest BCUT2D eigenvalue weighted by atomic mass is 16.8. The number of rotatable bonds is 13. The van der Waals surface area contributed by atoms with Gasteiger partial charge in [0.05, 0.1) is 6.61 Å². The molecule has 0 bridgehead atoms. The molecule has 9 atom stereocenters. The molecule has 14 nitrogen and oxygen atoms in total. The van der Waals surface area contributed by atoms with Crippen LogP contribution in [-0.4, -0.2) is 129 Å². The van der Waals surface area contributed by atoms with Crippen molar-refractivity contribution in [1.29, 1.82) is 0 Å². The molecule has 2 saturated heterocycles. The van der Waals surface area contributed by atoms with E-state index < -0.39 is 80.6 Å². The number of esters is 1. The zero-order chi connectivity index (χ0) is 27.0. The molecule has 208 valence electrons. The number of aliphatic hydroxyl groups is 7. The third kappa shape index (κ3) is 7.41. The number of amides is 1. The third-order valence-electron chi connectivity index (χ3n) is 6.03. The Hall–Kier alpha value is -1.72. The number of carbonyl (C=O) groups is 2. The van der Waals surface area contributed by atoms with Crippen LogP contribution in [0.2, 0.25) is 0 Å². The van der Waals surface area contributed by atoms with Gasteiger partial charge in [0.1, 0.15) is 55.9 Å². The van der Waals surface area contributed by atoms with Crippen LogP contribution >= 0.6 is 0 Å². The van der Waals surface area contributed by atoms with Crippen molar-refractivity contribution in [3.05, 3.63) is 12.2 Å². The first kappa shape index (κ1) is 30.5. The van der Waals surface area contributed by atoms with Crippen molar-refractivity contribution in [2.45, 2.75) is 87.4 Å². The summed E-state index contributed by atoms with van der Waals surface area (Å²) in [5.74, 6) is -3.14. The van der Waals surface area contributed by atoms with Gasteiger partial charge in [-0.1, -0.05) is 13.0 Å². The lowest BCUT2D eigenvalue weighted by molar-refractivity contribution is -0.383. The zero-order valence-electron chi connectivity index (χ0n) is 20.1. The van der Waals surface area contributed by atoms with E-state index in [1.807, 2.05) is 0 Å². The molecule has 0 aromatic heterocycles. The first-order valence-corrected chi connectivity index (χ1v) is 11.7. The summed E-state index contributed by atoms with van der Waals surface area (Å²) in [5, 5.41) is 72.6. The summed E-state index contributed by atoms with van der Waals surface area (Å²) in [6, 6.07) is 0. The molecular weight excluding hydrogens is 486 g/mol. The molecule has 36 heavy (non-hydrogen) atoms. The minimum absolute atomic E-state index is 0.0520. The lowest BCUT2D eigenvalue weighted by Gasteiger charge is -2.43. The fraction of sp³-hybridized carbons (Fsp3) is 0.818. The van der Waals surface area contributed by atoms with E-state index in [0.717, 1.165) is 0 Å². The van der Waals surface area contributed by atoms with E-state index in [1.54, 1.807) is 6.92 Å². The second-order valence-electron chi connectivity index (χ2n) is 8.91. The Labute approximate surface area is 208 Å². The second-order valence-corrected chi connectivity index (χ2v) is 8.91. The smallest absolute Gasteiger partial charge is 0.305 e. The van der Waals surface area contributed by atoms with Crippen LogP contribution in [0.3, 0.4) is 0 Å². The van der Waals surface area contributed by atoms with Crippen molar-refractivity contribution >= 4 is 11.9 Å². The fourth-order valence-electron chi connectivity index (χ4n) is 3.79. The van der Waals surface area contributed by atoms with Crippen LogP contribution in [0.1, 0.15) is 32.6 Å². The lowest BCUT2D eigenvalue weighted by atomic mass is 9.99. The molecule has 2 heterocycles. The monoisotopic (exact) mass is 523 g/mol. The molecule has 2 rings (SSSR count). The Morgan fingerprint density at radius 1 is 0.972 bits per heavy atom. The number of hydrogen-bond donors (Lipinski definition) is 8. The van der Waals surface area contributed by atoms with Crippen LogP contribution in [0.25, 0.3) is 0 Å². The van der Waals surface area contributed by atoms with E-state index in [4.69, 9.17) is 18.9 Å². The minimum atomic E-state index is -2.30. The highest BCUT2D eigenvalue weighted by Crippen LogP contribution is 2.36. The van der Waals surface area contributed by atoms with E-state index in [1.165, 1.54) is 0 Å². The van der Waals surface area contributed by atoms with Crippen LogP contribution < -0.4 is 5.32 Å². The Kier molecular flexibility index (Phi) is 11.6. The molecule has 0 aliphatic carbocycles.